The lowest BCUT2D eigenvalue weighted by molar-refractivity contribution is 0.385. The van der Waals surface area contributed by atoms with E-state index in [0.29, 0.717) is 18.1 Å². The third kappa shape index (κ3) is 2.52. The first-order valence-electron chi connectivity index (χ1n) is 4.82. The zero-order chi connectivity index (χ0) is 11.4. The summed E-state index contributed by atoms with van der Waals surface area (Å²) in [7, 11) is 1.64. The van der Waals surface area contributed by atoms with E-state index in [0.717, 1.165) is 11.3 Å². The lowest BCUT2D eigenvalue weighted by atomic mass is 10.1. The maximum atomic E-state index is 5.57. The highest BCUT2D eigenvalue weighted by Crippen LogP contribution is 2.13. The highest BCUT2D eigenvalue weighted by molar-refractivity contribution is 6.16. The van der Waals surface area contributed by atoms with Crippen molar-refractivity contribution in [1.82, 2.24) is 10.1 Å². The van der Waals surface area contributed by atoms with E-state index in [1.807, 2.05) is 24.3 Å². The predicted octanol–water partition coefficient (Wildman–Crippen LogP) is 2.41. The molecule has 0 saturated carbocycles. The van der Waals surface area contributed by atoms with Crippen LogP contribution in [0.5, 0.6) is 5.75 Å². The van der Waals surface area contributed by atoms with Crippen molar-refractivity contribution in [3.8, 4) is 5.75 Å². The Hall–Kier alpha value is -1.55. The standard InChI is InChI=1S/C11H11ClN2O2/c1-15-9-4-2-8(3-5-9)6-10-13-11(7-12)16-14-10/h2-5H,6-7H2,1H3. The highest BCUT2D eigenvalue weighted by Gasteiger charge is 2.05. The number of alkyl halides is 1. The van der Waals surface area contributed by atoms with Crippen LogP contribution in [0.3, 0.4) is 0 Å². The Morgan fingerprint density at radius 1 is 1.31 bits per heavy atom. The molecule has 4 nitrogen and oxygen atoms in total. The van der Waals surface area contributed by atoms with E-state index < -0.39 is 0 Å². The molecule has 1 aromatic heterocycles. The molecular formula is C11H11ClN2O2. The number of hydrogen-bond acceptors (Lipinski definition) is 4. The van der Waals surface area contributed by atoms with Gasteiger partial charge < -0.3 is 9.26 Å². The van der Waals surface area contributed by atoms with E-state index in [1.165, 1.54) is 0 Å². The van der Waals surface area contributed by atoms with Crippen LogP contribution in [-0.4, -0.2) is 17.3 Å². The predicted molar refractivity (Wildman–Crippen MR) is 59.7 cm³/mol. The lowest BCUT2D eigenvalue weighted by Crippen LogP contribution is -1.91. The van der Waals surface area contributed by atoms with E-state index >= 15 is 0 Å². The van der Waals surface area contributed by atoms with Gasteiger partial charge in [-0.25, -0.2) is 0 Å². The van der Waals surface area contributed by atoms with Gasteiger partial charge in [0.05, 0.1) is 7.11 Å². The van der Waals surface area contributed by atoms with Gasteiger partial charge in [0, 0.05) is 6.42 Å². The number of hydrogen-bond donors (Lipinski definition) is 0. The number of aromatic nitrogens is 2. The average Bonchev–Trinajstić information content (AvgIpc) is 2.78. The van der Waals surface area contributed by atoms with Gasteiger partial charge in [-0.05, 0) is 17.7 Å². The molecule has 2 rings (SSSR count). The first-order chi connectivity index (χ1) is 7.81. The normalized spacial score (nSPS) is 10.4. The van der Waals surface area contributed by atoms with Gasteiger partial charge in [-0.15, -0.1) is 11.6 Å². The fourth-order valence-corrected chi connectivity index (χ4v) is 1.45. The van der Waals surface area contributed by atoms with E-state index in [-0.39, 0.29) is 5.88 Å². The molecule has 0 bridgehead atoms. The topological polar surface area (TPSA) is 48.2 Å². The Labute approximate surface area is 98.2 Å². The summed E-state index contributed by atoms with van der Waals surface area (Å²) in [5, 5.41) is 3.82. The van der Waals surface area contributed by atoms with Crippen molar-refractivity contribution >= 4 is 11.6 Å². The van der Waals surface area contributed by atoms with E-state index in [9.17, 15) is 0 Å². The Morgan fingerprint density at radius 2 is 2.06 bits per heavy atom. The summed E-state index contributed by atoms with van der Waals surface area (Å²) in [6, 6.07) is 7.74. The average molecular weight is 239 g/mol. The third-order valence-corrected chi connectivity index (χ3v) is 2.37. The Balaban J connectivity index is 2.08. The van der Waals surface area contributed by atoms with Gasteiger partial charge in [0.25, 0.3) is 0 Å². The zero-order valence-electron chi connectivity index (χ0n) is 8.81. The van der Waals surface area contributed by atoms with Gasteiger partial charge >= 0.3 is 0 Å². The van der Waals surface area contributed by atoms with Crippen LogP contribution < -0.4 is 4.74 Å². The number of ether oxygens (including phenoxy) is 1. The second-order valence-corrected chi connectivity index (χ2v) is 3.53. The highest BCUT2D eigenvalue weighted by atomic mass is 35.5. The van der Waals surface area contributed by atoms with Gasteiger partial charge in [-0.3, -0.25) is 0 Å². The summed E-state index contributed by atoms with van der Waals surface area (Å²) in [5.74, 6) is 2.17. The Morgan fingerprint density at radius 3 is 2.62 bits per heavy atom. The molecule has 0 atom stereocenters. The molecule has 16 heavy (non-hydrogen) atoms. The molecule has 0 amide bonds. The van der Waals surface area contributed by atoms with Crippen molar-refractivity contribution in [3.05, 3.63) is 41.5 Å². The quantitative estimate of drug-likeness (QED) is 0.768. The molecule has 0 unspecified atom stereocenters. The summed E-state index contributed by atoms with van der Waals surface area (Å²) >= 11 is 5.57. The van der Waals surface area contributed by atoms with E-state index in [1.54, 1.807) is 7.11 Å². The summed E-state index contributed by atoms with van der Waals surface area (Å²) in [4.78, 5) is 4.13. The smallest absolute Gasteiger partial charge is 0.241 e. The van der Waals surface area contributed by atoms with Crippen LogP contribution in [0.1, 0.15) is 17.3 Å². The molecule has 1 aromatic carbocycles. The van der Waals surface area contributed by atoms with Crippen molar-refractivity contribution in [2.75, 3.05) is 7.11 Å². The molecule has 5 heteroatoms. The van der Waals surface area contributed by atoms with Gasteiger partial charge in [0.2, 0.25) is 5.89 Å². The maximum absolute atomic E-state index is 5.57. The van der Waals surface area contributed by atoms with Crippen LogP contribution in [0.15, 0.2) is 28.8 Å². The second-order valence-electron chi connectivity index (χ2n) is 3.26. The van der Waals surface area contributed by atoms with Crippen molar-refractivity contribution < 1.29 is 9.26 Å². The van der Waals surface area contributed by atoms with Gasteiger partial charge in [-0.2, -0.15) is 4.98 Å². The Kier molecular flexibility index (Phi) is 3.41. The number of methoxy groups -OCH3 is 1. The second kappa shape index (κ2) is 4.99. The summed E-state index contributed by atoms with van der Waals surface area (Å²) in [6.07, 6.45) is 0.629. The fourth-order valence-electron chi connectivity index (χ4n) is 1.34. The monoisotopic (exact) mass is 238 g/mol. The van der Waals surface area contributed by atoms with Crippen LogP contribution in [0.4, 0.5) is 0 Å². The number of rotatable bonds is 4. The van der Waals surface area contributed by atoms with Crippen LogP contribution in [0, 0.1) is 0 Å². The molecule has 0 aliphatic heterocycles. The SMILES string of the molecule is COc1ccc(Cc2noc(CCl)n2)cc1. The number of nitrogens with zero attached hydrogens (tertiary/aromatic N) is 2. The van der Waals surface area contributed by atoms with E-state index in [2.05, 4.69) is 10.1 Å². The fraction of sp³-hybridized carbons (Fsp3) is 0.273. The molecule has 0 N–H and O–H groups in total. The van der Waals surface area contributed by atoms with Crippen molar-refractivity contribution in [2.45, 2.75) is 12.3 Å². The lowest BCUT2D eigenvalue weighted by Gasteiger charge is -2.00. The summed E-state index contributed by atoms with van der Waals surface area (Å²) < 4.78 is 9.99. The molecule has 0 aliphatic carbocycles. The van der Waals surface area contributed by atoms with Crippen molar-refractivity contribution in [3.63, 3.8) is 0 Å². The zero-order valence-corrected chi connectivity index (χ0v) is 9.57. The Bertz CT molecular complexity index is 453. The summed E-state index contributed by atoms with van der Waals surface area (Å²) in [6.45, 7) is 0. The van der Waals surface area contributed by atoms with Crippen LogP contribution >= 0.6 is 11.6 Å². The third-order valence-electron chi connectivity index (χ3n) is 2.15. The minimum absolute atomic E-state index is 0.246. The van der Waals surface area contributed by atoms with Crippen LogP contribution in [0.25, 0.3) is 0 Å². The van der Waals surface area contributed by atoms with E-state index in [4.69, 9.17) is 20.9 Å². The molecule has 84 valence electrons. The molecule has 2 aromatic rings. The largest absolute Gasteiger partial charge is 0.497 e. The molecule has 0 radical (unpaired) electrons. The molecule has 0 aliphatic rings. The van der Waals surface area contributed by atoms with Crippen molar-refractivity contribution in [2.24, 2.45) is 0 Å². The maximum Gasteiger partial charge on any atom is 0.241 e. The molecule has 0 fully saturated rings. The van der Waals surface area contributed by atoms with Crippen molar-refractivity contribution in [1.29, 1.82) is 0 Å². The number of benzene rings is 1. The van der Waals surface area contributed by atoms with Crippen LogP contribution in [0.2, 0.25) is 0 Å². The van der Waals surface area contributed by atoms with Crippen LogP contribution in [-0.2, 0) is 12.3 Å². The number of halogens is 1. The first kappa shape index (κ1) is 11.0. The van der Waals surface area contributed by atoms with Gasteiger partial charge in [0.1, 0.15) is 11.6 Å². The summed E-state index contributed by atoms with van der Waals surface area (Å²) in [5.41, 5.74) is 1.10. The minimum atomic E-state index is 0.246. The first-order valence-corrected chi connectivity index (χ1v) is 5.35. The van der Waals surface area contributed by atoms with Gasteiger partial charge in [0.15, 0.2) is 5.82 Å². The molecule has 0 spiro atoms. The molecule has 1 heterocycles. The van der Waals surface area contributed by atoms with Gasteiger partial charge in [-0.1, -0.05) is 17.3 Å². The molecule has 0 saturated heterocycles. The minimum Gasteiger partial charge on any atom is -0.497 e. The molecular weight excluding hydrogens is 228 g/mol.